The molecule has 118 valence electrons. The zero-order valence-electron chi connectivity index (χ0n) is 13.3. The van der Waals surface area contributed by atoms with Gasteiger partial charge in [-0.2, -0.15) is 0 Å². The quantitative estimate of drug-likeness (QED) is 0.893. The molecule has 2 aliphatic rings. The Bertz CT molecular complexity index is 419. The average molecular weight is 308 g/mol. The van der Waals surface area contributed by atoms with Crippen LogP contribution in [0.15, 0.2) is 5.38 Å². The number of thiazole rings is 1. The van der Waals surface area contributed by atoms with E-state index < -0.39 is 0 Å². The summed E-state index contributed by atoms with van der Waals surface area (Å²) in [6.45, 7) is 6.89. The molecule has 2 heterocycles. The topological polar surface area (TPSA) is 28.2 Å². The molecule has 21 heavy (non-hydrogen) atoms. The normalized spacial score (nSPS) is 23.3. The van der Waals surface area contributed by atoms with E-state index in [1.165, 1.54) is 68.7 Å². The number of nitrogens with one attached hydrogen (secondary N) is 1. The molecule has 4 heteroatoms. The van der Waals surface area contributed by atoms with Gasteiger partial charge in [0, 0.05) is 37.5 Å². The smallest absolute Gasteiger partial charge is 0.110 e. The zero-order valence-corrected chi connectivity index (χ0v) is 14.1. The summed E-state index contributed by atoms with van der Waals surface area (Å²) in [6, 6.07) is 0.555. The Labute approximate surface area is 133 Å². The number of piperazine rings is 1. The molecule has 1 aromatic heterocycles. The predicted octanol–water partition coefficient (Wildman–Crippen LogP) is 3.94. The minimum absolute atomic E-state index is 0.555. The van der Waals surface area contributed by atoms with Crippen LogP contribution in [0.2, 0.25) is 0 Å². The molecule has 0 bridgehead atoms. The zero-order chi connectivity index (χ0) is 14.5. The molecule has 2 fully saturated rings. The summed E-state index contributed by atoms with van der Waals surface area (Å²) in [5.74, 6) is 0.744. The molecule has 1 aromatic rings. The minimum atomic E-state index is 0.555. The van der Waals surface area contributed by atoms with Crippen LogP contribution in [-0.2, 0) is 0 Å². The Morgan fingerprint density at radius 3 is 2.76 bits per heavy atom. The fourth-order valence-electron chi connectivity index (χ4n) is 3.77. The molecule has 1 saturated carbocycles. The van der Waals surface area contributed by atoms with E-state index in [1.807, 2.05) is 11.3 Å². The van der Waals surface area contributed by atoms with Crippen molar-refractivity contribution < 1.29 is 0 Å². The first kappa shape index (κ1) is 15.4. The molecule has 1 aliphatic carbocycles. The fourth-order valence-corrected chi connectivity index (χ4v) is 4.84. The first-order valence-electron chi connectivity index (χ1n) is 8.78. The summed E-state index contributed by atoms with van der Waals surface area (Å²) in [7, 11) is 0. The molecule has 1 unspecified atom stereocenters. The highest BCUT2D eigenvalue weighted by Gasteiger charge is 2.25. The van der Waals surface area contributed by atoms with Crippen molar-refractivity contribution in [1.29, 1.82) is 0 Å². The lowest BCUT2D eigenvalue weighted by Crippen LogP contribution is -2.45. The lowest BCUT2D eigenvalue weighted by Gasteiger charge is -2.33. The Balaban J connectivity index is 1.71. The van der Waals surface area contributed by atoms with Gasteiger partial charge in [-0.1, -0.05) is 32.6 Å². The molecule has 0 spiro atoms. The van der Waals surface area contributed by atoms with Crippen molar-refractivity contribution in [3.8, 4) is 0 Å². The Morgan fingerprint density at radius 1 is 1.29 bits per heavy atom. The third-order valence-corrected chi connectivity index (χ3v) is 5.97. The number of hydrogen-bond donors (Lipinski definition) is 1. The third kappa shape index (κ3) is 3.85. The molecule has 1 aliphatic heterocycles. The summed E-state index contributed by atoms with van der Waals surface area (Å²) >= 11 is 1.91. The van der Waals surface area contributed by atoms with E-state index in [-0.39, 0.29) is 0 Å². The Hall–Kier alpha value is -0.450. The van der Waals surface area contributed by atoms with Gasteiger partial charge in [-0.05, 0) is 19.3 Å². The van der Waals surface area contributed by atoms with Gasteiger partial charge < -0.3 is 5.32 Å². The number of rotatable bonds is 5. The van der Waals surface area contributed by atoms with Crippen molar-refractivity contribution in [1.82, 2.24) is 15.2 Å². The van der Waals surface area contributed by atoms with Crippen LogP contribution in [-0.4, -0.2) is 36.1 Å². The van der Waals surface area contributed by atoms with Gasteiger partial charge in [-0.3, -0.25) is 4.90 Å². The lowest BCUT2D eigenvalue weighted by atomic mass is 9.87. The highest BCUT2D eigenvalue weighted by Crippen LogP contribution is 2.36. The molecule has 1 atom stereocenters. The molecule has 1 N–H and O–H groups in total. The first-order valence-corrected chi connectivity index (χ1v) is 9.66. The van der Waals surface area contributed by atoms with Crippen LogP contribution in [0.3, 0.4) is 0 Å². The van der Waals surface area contributed by atoms with E-state index in [4.69, 9.17) is 4.98 Å². The summed E-state index contributed by atoms with van der Waals surface area (Å²) < 4.78 is 0. The summed E-state index contributed by atoms with van der Waals surface area (Å²) in [5.41, 5.74) is 1.39. The number of aromatic nitrogens is 1. The molecule has 0 aromatic carbocycles. The van der Waals surface area contributed by atoms with Crippen LogP contribution in [0.4, 0.5) is 0 Å². The van der Waals surface area contributed by atoms with Gasteiger partial charge in [0.15, 0.2) is 0 Å². The van der Waals surface area contributed by atoms with Crippen molar-refractivity contribution >= 4 is 11.3 Å². The van der Waals surface area contributed by atoms with Crippen LogP contribution < -0.4 is 5.32 Å². The second-order valence-electron chi connectivity index (χ2n) is 6.54. The molecule has 3 rings (SSSR count). The second kappa shape index (κ2) is 7.70. The maximum Gasteiger partial charge on any atom is 0.110 e. The van der Waals surface area contributed by atoms with Crippen LogP contribution in [0.1, 0.15) is 74.5 Å². The lowest BCUT2D eigenvalue weighted by molar-refractivity contribution is 0.164. The third-order valence-electron chi connectivity index (χ3n) is 5.00. The molecular weight excluding hydrogens is 278 g/mol. The number of nitrogens with zero attached hydrogens (tertiary/aromatic N) is 2. The van der Waals surface area contributed by atoms with E-state index in [1.54, 1.807) is 0 Å². The molecule has 0 radical (unpaired) electrons. The van der Waals surface area contributed by atoms with Crippen molar-refractivity contribution in [2.24, 2.45) is 0 Å². The van der Waals surface area contributed by atoms with Gasteiger partial charge in [-0.15, -0.1) is 11.3 Å². The molecule has 1 saturated heterocycles. The second-order valence-corrected chi connectivity index (χ2v) is 7.43. The van der Waals surface area contributed by atoms with Crippen LogP contribution >= 0.6 is 11.3 Å². The van der Waals surface area contributed by atoms with Gasteiger partial charge in [0.1, 0.15) is 5.01 Å². The largest absolute Gasteiger partial charge is 0.314 e. The van der Waals surface area contributed by atoms with Gasteiger partial charge in [-0.25, -0.2) is 4.98 Å². The van der Waals surface area contributed by atoms with E-state index >= 15 is 0 Å². The van der Waals surface area contributed by atoms with Crippen molar-refractivity contribution in [2.45, 2.75) is 63.8 Å². The predicted molar refractivity (Wildman–Crippen MR) is 90.0 cm³/mol. The SMILES string of the molecule is CCCC(c1nc(C2CCCCC2)cs1)N1CCNCC1. The molecular formula is C17H29N3S. The average Bonchev–Trinajstić information content (AvgIpc) is 3.04. The van der Waals surface area contributed by atoms with Crippen LogP contribution in [0.5, 0.6) is 0 Å². The number of hydrogen-bond acceptors (Lipinski definition) is 4. The monoisotopic (exact) mass is 307 g/mol. The van der Waals surface area contributed by atoms with Crippen molar-refractivity contribution in [2.75, 3.05) is 26.2 Å². The van der Waals surface area contributed by atoms with Gasteiger partial charge in [0.05, 0.1) is 11.7 Å². The van der Waals surface area contributed by atoms with Crippen LogP contribution in [0, 0.1) is 0 Å². The van der Waals surface area contributed by atoms with Gasteiger partial charge >= 0.3 is 0 Å². The first-order chi connectivity index (χ1) is 10.4. The maximum atomic E-state index is 5.08. The Kier molecular flexibility index (Phi) is 5.67. The maximum absolute atomic E-state index is 5.08. The van der Waals surface area contributed by atoms with Crippen molar-refractivity contribution in [3.63, 3.8) is 0 Å². The van der Waals surface area contributed by atoms with E-state index in [9.17, 15) is 0 Å². The highest BCUT2D eigenvalue weighted by atomic mass is 32.1. The molecule has 3 nitrogen and oxygen atoms in total. The highest BCUT2D eigenvalue weighted by molar-refractivity contribution is 7.09. The van der Waals surface area contributed by atoms with Crippen LogP contribution in [0.25, 0.3) is 0 Å². The van der Waals surface area contributed by atoms with Gasteiger partial charge in [0.2, 0.25) is 0 Å². The summed E-state index contributed by atoms with van der Waals surface area (Å²) in [4.78, 5) is 7.73. The van der Waals surface area contributed by atoms with E-state index in [0.717, 1.165) is 19.0 Å². The fraction of sp³-hybridized carbons (Fsp3) is 0.824. The van der Waals surface area contributed by atoms with E-state index in [0.29, 0.717) is 6.04 Å². The Morgan fingerprint density at radius 2 is 2.05 bits per heavy atom. The summed E-state index contributed by atoms with van der Waals surface area (Å²) in [5, 5.41) is 7.19. The van der Waals surface area contributed by atoms with Gasteiger partial charge in [0.25, 0.3) is 0 Å². The van der Waals surface area contributed by atoms with Crippen molar-refractivity contribution in [3.05, 3.63) is 16.1 Å². The molecule has 0 amide bonds. The van der Waals surface area contributed by atoms with E-state index in [2.05, 4.69) is 22.5 Å². The summed E-state index contributed by atoms with van der Waals surface area (Å²) in [6.07, 6.45) is 9.42. The minimum Gasteiger partial charge on any atom is -0.314 e. The standard InChI is InChI=1S/C17H29N3S/c1-2-6-16(20-11-9-18-10-12-20)17-19-15(13-21-17)14-7-4-3-5-8-14/h13-14,16,18H,2-12H2,1H3.